The molecular formula is C12H19N3O6. The summed E-state index contributed by atoms with van der Waals surface area (Å²) in [7, 11) is 1.49. The molecule has 0 aliphatic carbocycles. The lowest BCUT2D eigenvalue weighted by Crippen LogP contribution is -2.61. The van der Waals surface area contributed by atoms with E-state index in [0.717, 1.165) is 0 Å². The molecule has 2 N–H and O–H groups in total. The van der Waals surface area contributed by atoms with Gasteiger partial charge in [-0.25, -0.2) is 9.59 Å². The molecule has 2 atom stereocenters. The van der Waals surface area contributed by atoms with Crippen LogP contribution in [0.3, 0.4) is 0 Å². The molecule has 0 spiro atoms. The van der Waals surface area contributed by atoms with Gasteiger partial charge in [-0.3, -0.25) is 4.79 Å². The fourth-order valence-corrected chi connectivity index (χ4v) is 2.37. The molecule has 9 heteroatoms. The third-order valence-electron chi connectivity index (χ3n) is 3.54. The Hall–Kier alpha value is -1.87. The molecule has 2 saturated heterocycles. The SMILES string of the molecule is CNC(=O)C1COCCN1C(=O)N1CCOC(C(=O)O)C1. The maximum atomic E-state index is 12.5. The topological polar surface area (TPSA) is 108 Å². The van der Waals surface area contributed by atoms with E-state index >= 15 is 0 Å². The lowest BCUT2D eigenvalue weighted by atomic mass is 10.2. The van der Waals surface area contributed by atoms with Crippen molar-refractivity contribution in [1.82, 2.24) is 15.1 Å². The summed E-state index contributed by atoms with van der Waals surface area (Å²) in [6.07, 6.45) is -1.03. The second-order valence-corrected chi connectivity index (χ2v) is 4.82. The third kappa shape index (κ3) is 3.42. The average Bonchev–Trinajstić information content (AvgIpc) is 2.53. The van der Waals surface area contributed by atoms with Gasteiger partial charge in [0.25, 0.3) is 0 Å². The van der Waals surface area contributed by atoms with Gasteiger partial charge in [0.05, 0.1) is 26.4 Å². The number of hydrogen-bond acceptors (Lipinski definition) is 5. The molecule has 0 aromatic carbocycles. The molecule has 0 aromatic rings. The van der Waals surface area contributed by atoms with Crippen LogP contribution in [-0.4, -0.2) is 91.5 Å². The van der Waals surface area contributed by atoms with E-state index in [9.17, 15) is 14.4 Å². The third-order valence-corrected chi connectivity index (χ3v) is 3.54. The normalized spacial score (nSPS) is 26.3. The molecule has 2 aliphatic rings. The van der Waals surface area contributed by atoms with Gasteiger partial charge in [0.2, 0.25) is 5.91 Å². The highest BCUT2D eigenvalue weighted by atomic mass is 16.5. The Balaban J connectivity index is 2.06. The Labute approximate surface area is 121 Å². The van der Waals surface area contributed by atoms with Crippen LogP contribution in [0.5, 0.6) is 0 Å². The lowest BCUT2D eigenvalue weighted by Gasteiger charge is -2.39. The minimum absolute atomic E-state index is 0.0218. The second-order valence-electron chi connectivity index (χ2n) is 4.82. The Kier molecular flexibility index (Phi) is 4.97. The minimum atomic E-state index is -1.10. The predicted molar refractivity (Wildman–Crippen MR) is 69.7 cm³/mol. The number of ether oxygens (including phenoxy) is 2. The van der Waals surface area contributed by atoms with Crippen molar-refractivity contribution in [3.63, 3.8) is 0 Å². The number of carboxylic acid groups (broad SMARTS) is 1. The van der Waals surface area contributed by atoms with E-state index in [1.807, 2.05) is 0 Å². The van der Waals surface area contributed by atoms with E-state index in [2.05, 4.69) is 5.32 Å². The van der Waals surface area contributed by atoms with Gasteiger partial charge in [0.1, 0.15) is 6.04 Å². The number of hydrogen-bond donors (Lipinski definition) is 2. The summed E-state index contributed by atoms with van der Waals surface area (Å²) in [6.45, 7) is 1.24. The number of carbonyl (C=O) groups is 3. The maximum Gasteiger partial charge on any atom is 0.334 e. The molecule has 3 amide bonds. The Bertz CT molecular complexity index is 429. The van der Waals surface area contributed by atoms with Crippen LogP contribution in [0.2, 0.25) is 0 Å². The van der Waals surface area contributed by atoms with Crippen LogP contribution in [0.4, 0.5) is 4.79 Å². The monoisotopic (exact) mass is 301 g/mol. The quantitative estimate of drug-likeness (QED) is 0.632. The molecule has 0 bridgehead atoms. The van der Waals surface area contributed by atoms with Crippen molar-refractivity contribution in [2.24, 2.45) is 0 Å². The summed E-state index contributed by atoms with van der Waals surface area (Å²) >= 11 is 0. The summed E-state index contributed by atoms with van der Waals surface area (Å²) in [6, 6.07) is -1.05. The van der Waals surface area contributed by atoms with Crippen molar-refractivity contribution in [1.29, 1.82) is 0 Å². The smallest absolute Gasteiger partial charge is 0.334 e. The molecule has 9 nitrogen and oxygen atoms in total. The first-order chi connectivity index (χ1) is 10.0. The standard InChI is InChI=1S/C12H19N3O6/c1-13-10(16)8-7-20-4-3-15(8)12(19)14-2-5-21-9(6-14)11(17)18/h8-9H,2-7H2,1H3,(H,13,16)(H,17,18). The molecule has 2 aliphatic heterocycles. The van der Waals surface area contributed by atoms with Crippen LogP contribution in [0.1, 0.15) is 0 Å². The van der Waals surface area contributed by atoms with E-state index in [4.69, 9.17) is 14.6 Å². The molecule has 0 radical (unpaired) electrons. The van der Waals surface area contributed by atoms with Crippen LogP contribution in [-0.2, 0) is 19.1 Å². The van der Waals surface area contributed by atoms with Crippen molar-refractivity contribution in [3.05, 3.63) is 0 Å². The fraction of sp³-hybridized carbons (Fsp3) is 0.750. The van der Waals surface area contributed by atoms with E-state index in [0.29, 0.717) is 19.7 Å². The van der Waals surface area contributed by atoms with Gasteiger partial charge >= 0.3 is 12.0 Å². The first-order valence-corrected chi connectivity index (χ1v) is 6.74. The first kappa shape index (κ1) is 15.5. The molecule has 0 saturated carbocycles. The molecule has 2 rings (SSSR count). The van der Waals surface area contributed by atoms with Crippen LogP contribution in [0, 0.1) is 0 Å². The zero-order chi connectivity index (χ0) is 15.4. The van der Waals surface area contributed by atoms with E-state index < -0.39 is 18.1 Å². The molecule has 2 fully saturated rings. The van der Waals surface area contributed by atoms with E-state index in [1.165, 1.54) is 16.8 Å². The van der Waals surface area contributed by atoms with Crippen molar-refractivity contribution < 1.29 is 29.0 Å². The van der Waals surface area contributed by atoms with Crippen molar-refractivity contribution in [2.45, 2.75) is 12.1 Å². The van der Waals surface area contributed by atoms with Gasteiger partial charge in [0.15, 0.2) is 6.10 Å². The van der Waals surface area contributed by atoms with E-state index in [-0.39, 0.29) is 31.7 Å². The number of carbonyl (C=O) groups excluding carboxylic acids is 2. The first-order valence-electron chi connectivity index (χ1n) is 6.74. The summed E-state index contributed by atoms with van der Waals surface area (Å²) in [5, 5.41) is 11.5. The average molecular weight is 301 g/mol. The number of nitrogens with one attached hydrogen (secondary N) is 1. The molecule has 21 heavy (non-hydrogen) atoms. The molecular weight excluding hydrogens is 282 g/mol. The second kappa shape index (κ2) is 6.72. The molecule has 0 aromatic heterocycles. The van der Waals surface area contributed by atoms with Crippen LogP contribution in [0.15, 0.2) is 0 Å². The van der Waals surface area contributed by atoms with Crippen molar-refractivity contribution >= 4 is 17.9 Å². The zero-order valence-corrected chi connectivity index (χ0v) is 11.8. The van der Waals surface area contributed by atoms with Gasteiger partial charge in [-0.05, 0) is 0 Å². The highest BCUT2D eigenvalue weighted by molar-refractivity contribution is 5.87. The number of rotatable bonds is 2. The fourth-order valence-electron chi connectivity index (χ4n) is 2.37. The number of likely N-dealkylation sites (N-methyl/N-ethyl adjacent to an activating group) is 1. The zero-order valence-electron chi connectivity index (χ0n) is 11.8. The lowest BCUT2D eigenvalue weighted by molar-refractivity contribution is -0.155. The Morgan fingerprint density at radius 2 is 2.00 bits per heavy atom. The summed E-state index contributed by atoms with van der Waals surface area (Å²) < 4.78 is 10.3. The number of morpholine rings is 2. The van der Waals surface area contributed by atoms with Gasteiger partial charge in [-0.1, -0.05) is 0 Å². The summed E-state index contributed by atoms with van der Waals surface area (Å²) in [5.74, 6) is -1.40. The summed E-state index contributed by atoms with van der Waals surface area (Å²) in [5.41, 5.74) is 0. The molecule has 2 unspecified atom stereocenters. The van der Waals surface area contributed by atoms with Gasteiger partial charge < -0.3 is 29.7 Å². The highest BCUT2D eigenvalue weighted by Crippen LogP contribution is 2.14. The number of nitrogens with zero attached hydrogens (tertiary/aromatic N) is 2. The number of carboxylic acids is 1. The molecule has 118 valence electrons. The van der Waals surface area contributed by atoms with Crippen molar-refractivity contribution in [3.8, 4) is 0 Å². The molecule has 2 heterocycles. The minimum Gasteiger partial charge on any atom is -0.479 e. The Morgan fingerprint density at radius 3 is 2.67 bits per heavy atom. The van der Waals surface area contributed by atoms with E-state index in [1.54, 1.807) is 0 Å². The predicted octanol–water partition coefficient (Wildman–Crippen LogP) is -1.66. The number of amides is 3. The van der Waals surface area contributed by atoms with Gasteiger partial charge in [0, 0.05) is 20.1 Å². The number of aliphatic carboxylic acids is 1. The van der Waals surface area contributed by atoms with Gasteiger partial charge in [-0.2, -0.15) is 0 Å². The largest absolute Gasteiger partial charge is 0.479 e. The van der Waals surface area contributed by atoms with Crippen LogP contribution < -0.4 is 5.32 Å². The van der Waals surface area contributed by atoms with Crippen molar-refractivity contribution in [2.75, 3.05) is 46.5 Å². The van der Waals surface area contributed by atoms with Crippen LogP contribution in [0.25, 0.3) is 0 Å². The summed E-state index contributed by atoms with van der Waals surface area (Å²) in [4.78, 5) is 38.1. The van der Waals surface area contributed by atoms with Crippen LogP contribution >= 0.6 is 0 Å². The Morgan fingerprint density at radius 1 is 1.24 bits per heavy atom. The maximum absolute atomic E-state index is 12.5. The highest BCUT2D eigenvalue weighted by Gasteiger charge is 2.37. The van der Waals surface area contributed by atoms with Gasteiger partial charge in [-0.15, -0.1) is 0 Å². The number of urea groups is 1.